The highest BCUT2D eigenvalue weighted by atomic mass is 16.3. The third-order valence-corrected chi connectivity index (χ3v) is 3.96. The lowest BCUT2D eigenvalue weighted by atomic mass is 9.96. The zero-order chi connectivity index (χ0) is 15.3. The molecule has 21 heavy (non-hydrogen) atoms. The third kappa shape index (κ3) is 9.45. The number of nitrogens with one attached hydrogen (secondary N) is 2. The molecule has 0 spiro atoms. The molecule has 0 aromatic heterocycles. The number of unbranched alkanes of at least 4 members (excludes halogenated alkanes) is 1. The largest absolute Gasteiger partial charge is 0.396 e. The highest BCUT2D eigenvalue weighted by Gasteiger charge is 2.14. The Morgan fingerprint density at radius 3 is 2.19 bits per heavy atom. The maximum Gasteiger partial charge on any atom is 0.220 e. The van der Waals surface area contributed by atoms with Crippen molar-refractivity contribution in [3.8, 4) is 0 Å². The van der Waals surface area contributed by atoms with E-state index in [0.29, 0.717) is 19.0 Å². The highest BCUT2D eigenvalue weighted by Crippen LogP contribution is 2.17. The monoisotopic (exact) mass is 298 g/mol. The molecule has 0 atom stereocenters. The maximum atomic E-state index is 11.9. The molecule has 1 saturated carbocycles. The second-order valence-electron chi connectivity index (χ2n) is 5.89. The van der Waals surface area contributed by atoms with Crippen LogP contribution in [0.25, 0.3) is 0 Å². The number of amides is 2. The molecule has 5 heteroatoms. The minimum Gasteiger partial charge on any atom is -0.396 e. The fraction of sp³-hybridized carbons (Fsp3) is 0.875. The average Bonchev–Trinajstić information content (AvgIpc) is 2.44. The van der Waals surface area contributed by atoms with E-state index in [2.05, 4.69) is 10.6 Å². The zero-order valence-corrected chi connectivity index (χ0v) is 13.0. The smallest absolute Gasteiger partial charge is 0.220 e. The van der Waals surface area contributed by atoms with Crippen LogP contribution in [0, 0.1) is 0 Å². The molecule has 3 N–H and O–H groups in total. The van der Waals surface area contributed by atoms with Crippen LogP contribution >= 0.6 is 0 Å². The molecule has 0 aliphatic heterocycles. The lowest BCUT2D eigenvalue weighted by Crippen LogP contribution is -2.36. The van der Waals surface area contributed by atoms with Crippen molar-refractivity contribution in [1.29, 1.82) is 0 Å². The van der Waals surface area contributed by atoms with E-state index in [1.807, 2.05) is 0 Å². The van der Waals surface area contributed by atoms with Gasteiger partial charge in [-0.3, -0.25) is 9.59 Å². The molecular weight excluding hydrogens is 268 g/mol. The van der Waals surface area contributed by atoms with Crippen molar-refractivity contribution >= 4 is 11.8 Å². The van der Waals surface area contributed by atoms with Crippen molar-refractivity contribution in [2.75, 3.05) is 13.2 Å². The van der Waals surface area contributed by atoms with Gasteiger partial charge in [-0.1, -0.05) is 32.1 Å². The van der Waals surface area contributed by atoms with Crippen LogP contribution in [0.15, 0.2) is 0 Å². The van der Waals surface area contributed by atoms with Gasteiger partial charge in [0.15, 0.2) is 0 Å². The van der Waals surface area contributed by atoms with Crippen LogP contribution < -0.4 is 10.6 Å². The summed E-state index contributed by atoms with van der Waals surface area (Å²) in [6, 6.07) is 0.297. The third-order valence-electron chi connectivity index (χ3n) is 3.96. The summed E-state index contributed by atoms with van der Waals surface area (Å²) in [5.74, 6) is -0.0909. The van der Waals surface area contributed by atoms with Crippen LogP contribution in [0.1, 0.15) is 70.6 Å². The number of carbonyl (C=O) groups excluding carboxylic acids is 2. The van der Waals surface area contributed by atoms with Crippen LogP contribution in [0.3, 0.4) is 0 Å². The Kier molecular flexibility index (Phi) is 9.87. The molecule has 0 bridgehead atoms. The van der Waals surface area contributed by atoms with Crippen molar-refractivity contribution in [2.24, 2.45) is 0 Å². The number of aliphatic hydroxyl groups is 1. The van der Waals surface area contributed by atoms with Crippen molar-refractivity contribution in [3.63, 3.8) is 0 Å². The first-order valence-electron chi connectivity index (χ1n) is 8.39. The minimum atomic E-state index is -0.0826. The average molecular weight is 298 g/mol. The Bertz CT molecular complexity index is 300. The fourth-order valence-corrected chi connectivity index (χ4v) is 2.68. The van der Waals surface area contributed by atoms with Gasteiger partial charge in [0.2, 0.25) is 11.8 Å². The van der Waals surface area contributed by atoms with Crippen molar-refractivity contribution < 1.29 is 14.7 Å². The number of hydrogen-bond acceptors (Lipinski definition) is 3. The van der Waals surface area contributed by atoms with E-state index >= 15 is 0 Å². The normalized spacial score (nSPS) is 16.8. The van der Waals surface area contributed by atoms with Gasteiger partial charge in [-0.25, -0.2) is 0 Å². The van der Waals surface area contributed by atoms with Crippen LogP contribution in [0.2, 0.25) is 0 Å². The minimum absolute atomic E-state index is 0.00826. The molecule has 122 valence electrons. The van der Waals surface area contributed by atoms with Gasteiger partial charge in [0.25, 0.3) is 0 Å². The van der Waals surface area contributed by atoms with Gasteiger partial charge in [0.05, 0.1) is 0 Å². The van der Waals surface area contributed by atoms with Gasteiger partial charge >= 0.3 is 0 Å². The number of rotatable bonds is 8. The summed E-state index contributed by atoms with van der Waals surface area (Å²) in [5.41, 5.74) is 0. The van der Waals surface area contributed by atoms with E-state index in [0.717, 1.165) is 19.3 Å². The summed E-state index contributed by atoms with van der Waals surface area (Å²) in [6.45, 7) is 0.725. The van der Waals surface area contributed by atoms with Crippen LogP contribution in [-0.4, -0.2) is 36.1 Å². The summed E-state index contributed by atoms with van der Waals surface area (Å²) in [6.07, 6.45) is 10.4. The lowest BCUT2D eigenvalue weighted by Gasteiger charge is -2.21. The van der Waals surface area contributed by atoms with Crippen LogP contribution in [0.4, 0.5) is 0 Å². The molecule has 0 aromatic carbocycles. The van der Waals surface area contributed by atoms with Crippen molar-refractivity contribution in [1.82, 2.24) is 10.6 Å². The second-order valence-corrected chi connectivity index (χ2v) is 5.89. The van der Waals surface area contributed by atoms with Gasteiger partial charge in [-0.15, -0.1) is 0 Å². The van der Waals surface area contributed by atoms with Gasteiger partial charge in [-0.2, -0.15) is 0 Å². The Balaban J connectivity index is 2.10. The quantitative estimate of drug-likeness (QED) is 0.599. The zero-order valence-electron chi connectivity index (χ0n) is 13.0. The number of hydrogen-bond donors (Lipinski definition) is 3. The first-order valence-corrected chi connectivity index (χ1v) is 8.39. The van der Waals surface area contributed by atoms with Gasteiger partial charge in [0, 0.05) is 32.0 Å². The van der Waals surface area contributed by atoms with E-state index in [1.54, 1.807) is 0 Å². The molecule has 2 amide bonds. The van der Waals surface area contributed by atoms with E-state index in [-0.39, 0.29) is 31.3 Å². The number of carbonyl (C=O) groups is 2. The molecule has 5 nitrogen and oxygen atoms in total. The van der Waals surface area contributed by atoms with E-state index in [4.69, 9.17) is 5.11 Å². The molecule has 0 heterocycles. The van der Waals surface area contributed by atoms with Crippen molar-refractivity contribution in [3.05, 3.63) is 0 Å². The molecular formula is C16H30N2O3. The van der Waals surface area contributed by atoms with E-state index < -0.39 is 0 Å². The Labute approximate surface area is 127 Å². The maximum absolute atomic E-state index is 11.9. The molecule has 1 fully saturated rings. The Morgan fingerprint density at radius 2 is 1.52 bits per heavy atom. The molecule has 0 radical (unpaired) electrons. The van der Waals surface area contributed by atoms with Crippen LogP contribution in [0.5, 0.6) is 0 Å². The first kappa shape index (κ1) is 18.0. The first-order chi connectivity index (χ1) is 10.2. The Morgan fingerprint density at radius 1 is 0.905 bits per heavy atom. The number of aliphatic hydroxyl groups excluding tert-OH is 1. The molecule has 1 rings (SSSR count). The molecule has 0 unspecified atom stereocenters. The predicted molar refractivity (Wildman–Crippen MR) is 82.8 cm³/mol. The highest BCUT2D eigenvalue weighted by molar-refractivity contribution is 5.83. The summed E-state index contributed by atoms with van der Waals surface area (Å²) in [7, 11) is 0. The van der Waals surface area contributed by atoms with E-state index in [1.165, 1.54) is 32.1 Å². The summed E-state index contributed by atoms with van der Waals surface area (Å²) >= 11 is 0. The topological polar surface area (TPSA) is 78.4 Å². The summed E-state index contributed by atoms with van der Waals surface area (Å²) in [5, 5.41) is 14.5. The Hall–Kier alpha value is -1.10. The molecule has 0 aromatic rings. The molecule has 1 aliphatic carbocycles. The standard InChI is InChI=1S/C16H30N2O3/c19-13-7-6-12-17-15(20)10-11-16(21)18-14-8-4-2-1-3-5-9-14/h14,19H,1-13H2,(H,17,20)(H,18,21). The SMILES string of the molecule is O=C(CCC(=O)NC1CCCCCCC1)NCCCCO. The van der Waals surface area contributed by atoms with Gasteiger partial charge in [0.1, 0.15) is 0 Å². The predicted octanol–water partition coefficient (Wildman–Crippen LogP) is 1.88. The fourth-order valence-electron chi connectivity index (χ4n) is 2.68. The summed E-state index contributed by atoms with van der Waals surface area (Å²) in [4.78, 5) is 23.4. The van der Waals surface area contributed by atoms with Gasteiger partial charge in [-0.05, 0) is 25.7 Å². The molecule has 0 saturated heterocycles. The second kappa shape index (κ2) is 11.5. The summed E-state index contributed by atoms with van der Waals surface area (Å²) < 4.78 is 0. The van der Waals surface area contributed by atoms with Gasteiger partial charge < -0.3 is 15.7 Å². The van der Waals surface area contributed by atoms with Crippen LogP contribution in [-0.2, 0) is 9.59 Å². The lowest BCUT2D eigenvalue weighted by molar-refractivity contribution is -0.126. The molecule has 1 aliphatic rings. The van der Waals surface area contributed by atoms with E-state index in [9.17, 15) is 9.59 Å². The van der Waals surface area contributed by atoms with Crippen molar-refractivity contribution in [2.45, 2.75) is 76.7 Å².